The van der Waals surface area contributed by atoms with Gasteiger partial charge in [0.1, 0.15) is 23.3 Å². The second kappa shape index (κ2) is 7.58. The second-order valence-corrected chi connectivity index (χ2v) is 6.07. The molecule has 26 heavy (non-hydrogen) atoms. The molecule has 3 rings (SSSR count). The van der Waals surface area contributed by atoms with Gasteiger partial charge in [-0.15, -0.1) is 0 Å². The number of aryl methyl sites for hydroxylation is 1. The Bertz CT molecular complexity index is 942. The maximum absolute atomic E-state index is 13.5. The van der Waals surface area contributed by atoms with Crippen molar-refractivity contribution in [3.05, 3.63) is 70.7 Å². The number of benzene rings is 2. The lowest BCUT2D eigenvalue weighted by Gasteiger charge is -2.15. The van der Waals surface area contributed by atoms with Gasteiger partial charge in [0.05, 0.1) is 0 Å². The highest BCUT2D eigenvalue weighted by Gasteiger charge is 2.20. The van der Waals surface area contributed by atoms with Gasteiger partial charge in [-0.2, -0.15) is 0 Å². The average Bonchev–Trinajstić information content (AvgIpc) is 2.96. The summed E-state index contributed by atoms with van der Waals surface area (Å²) < 4.78 is 24.0. The number of ether oxygens (including phenoxy) is 1. The number of carbonyl (C=O) groups excluding carboxylic acids is 1. The number of nitrogens with one attached hydrogen (secondary N) is 1. The van der Waals surface area contributed by atoms with Crippen LogP contribution in [0.15, 0.2) is 53.1 Å². The summed E-state index contributed by atoms with van der Waals surface area (Å²) in [6.45, 7) is 3.36. The van der Waals surface area contributed by atoms with E-state index in [4.69, 9.17) is 20.9 Å². The van der Waals surface area contributed by atoms with Gasteiger partial charge in [0.2, 0.25) is 0 Å². The summed E-state index contributed by atoms with van der Waals surface area (Å²) in [7, 11) is 0. The first kappa shape index (κ1) is 17.9. The molecule has 0 aliphatic carbocycles. The largest absolute Gasteiger partial charge is 0.441 e. The lowest BCUT2D eigenvalue weighted by Crippen LogP contribution is -2.17. The Morgan fingerprint density at radius 3 is 2.77 bits per heavy atom. The number of halogens is 2. The molecular formula is C19H16ClFN2O3. The maximum atomic E-state index is 13.5. The zero-order valence-electron chi connectivity index (χ0n) is 14.1. The molecule has 7 heteroatoms. The predicted molar refractivity (Wildman–Crippen MR) is 96.6 cm³/mol. The zero-order valence-corrected chi connectivity index (χ0v) is 14.9. The van der Waals surface area contributed by atoms with Gasteiger partial charge in [-0.05, 0) is 32.0 Å². The molecule has 5 nitrogen and oxygen atoms in total. The Labute approximate surface area is 154 Å². The van der Waals surface area contributed by atoms with E-state index in [9.17, 15) is 9.18 Å². The molecule has 1 atom stereocenters. The van der Waals surface area contributed by atoms with Crippen molar-refractivity contribution in [2.24, 2.45) is 0 Å². The minimum absolute atomic E-state index is 0.323. The zero-order chi connectivity index (χ0) is 18.7. The van der Waals surface area contributed by atoms with E-state index in [1.165, 1.54) is 12.1 Å². The van der Waals surface area contributed by atoms with E-state index >= 15 is 0 Å². The maximum Gasteiger partial charge on any atom is 0.412 e. The first-order chi connectivity index (χ1) is 12.5. The predicted octanol–water partition coefficient (Wildman–Crippen LogP) is 5.75. The highest BCUT2D eigenvalue weighted by atomic mass is 35.5. The van der Waals surface area contributed by atoms with Crippen LogP contribution >= 0.6 is 11.6 Å². The lowest BCUT2D eigenvalue weighted by molar-refractivity contribution is 0.121. The smallest absolute Gasteiger partial charge is 0.412 e. The molecule has 0 fully saturated rings. The molecule has 0 radical (unpaired) electrons. The highest BCUT2D eigenvalue weighted by Crippen LogP contribution is 2.31. The third kappa shape index (κ3) is 3.86. The number of aromatic nitrogens is 1. The molecule has 0 bridgehead atoms. The minimum Gasteiger partial charge on any atom is -0.441 e. The van der Waals surface area contributed by atoms with Crippen LogP contribution in [0.1, 0.15) is 24.4 Å². The van der Waals surface area contributed by atoms with Crippen molar-refractivity contribution in [3.63, 3.8) is 0 Å². The van der Waals surface area contributed by atoms with Crippen LogP contribution in [0.5, 0.6) is 0 Å². The van der Waals surface area contributed by atoms with Gasteiger partial charge in [0.25, 0.3) is 0 Å². The van der Waals surface area contributed by atoms with Crippen LogP contribution in [0.25, 0.3) is 11.3 Å². The van der Waals surface area contributed by atoms with E-state index in [2.05, 4.69) is 10.5 Å². The van der Waals surface area contributed by atoms with Crippen LogP contribution in [-0.2, 0) is 4.74 Å². The molecule has 1 unspecified atom stereocenters. The van der Waals surface area contributed by atoms with Gasteiger partial charge in [0, 0.05) is 16.1 Å². The monoisotopic (exact) mass is 374 g/mol. The summed E-state index contributed by atoms with van der Waals surface area (Å²) in [6, 6.07) is 13.0. The Morgan fingerprint density at radius 1 is 1.27 bits per heavy atom. The Morgan fingerprint density at radius 2 is 2.04 bits per heavy atom. The molecule has 134 valence electrons. The Hall–Kier alpha value is -2.86. The average molecular weight is 375 g/mol. The Balaban J connectivity index is 1.78. The molecule has 1 aromatic heterocycles. The van der Waals surface area contributed by atoms with Crippen LogP contribution in [0, 0.1) is 12.7 Å². The van der Waals surface area contributed by atoms with Crippen molar-refractivity contribution < 1.29 is 18.4 Å². The van der Waals surface area contributed by atoms with Crippen molar-refractivity contribution >= 4 is 23.4 Å². The summed E-state index contributed by atoms with van der Waals surface area (Å²) >= 11 is 6.12. The number of amides is 1. The molecule has 0 aliphatic rings. The summed E-state index contributed by atoms with van der Waals surface area (Å²) in [5, 5.41) is 7.02. The van der Waals surface area contributed by atoms with Crippen LogP contribution in [-0.4, -0.2) is 11.2 Å². The molecule has 0 saturated carbocycles. The van der Waals surface area contributed by atoms with Crippen LogP contribution in [0.2, 0.25) is 5.02 Å². The first-order valence-corrected chi connectivity index (χ1v) is 8.27. The number of carbonyl (C=O) groups is 1. The first-order valence-electron chi connectivity index (χ1n) is 7.90. The van der Waals surface area contributed by atoms with Crippen molar-refractivity contribution in [2.45, 2.75) is 20.0 Å². The van der Waals surface area contributed by atoms with Gasteiger partial charge < -0.3 is 9.26 Å². The van der Waals surface area contributed by atoms with Crippen molar-refractivity contribution in [1.82, 2.24) is 5.16 Å². The van der Waals surface area contributed by atoms with Gasteiger partial charge in [-0.25, -0.2) is 9.18 Å². The fourth-order valence-corrected chi connectivity index (χ4v) is 2.80. The van der Waals surface area contributed by atoms with Crippen LogP contribution < -0.4 is 5.32 Å². The third-order valence-electron chi connectivity index (χ3n) is 3.81. The number of nitrogens with zero attached hydrogens (tertiary/aromatic N) is 1. The molecule has 3 aromatic rings. The molecule has 2 aromatic carbocycles. The fourth-order valence-electron chi connectivity index (χ4n) is 2.51. The molecule has 0 saturated heterocycles. The standard InChI is InChI=1S/C19H16ClFN2O3/c1-11(15-8-3-4-9-16(15)20)25-19(24)22-17-12(2)26-23-18(17)13-6-5-7-14(21)10-13/h3-11H,1-2H3,(H,22,24). The quantitative estimate of drug-likeness (QED) is 0.631. The van der Waals surface area contributed by atoms with Crippen molar-refractivity contribution in [2.75, 3.05) is 5.32 Å². The van der Waals surface area contributed by atoms with E-state index in [1.807, 2.05) is 6.07 Å². The number of anilines is 1. The van der Waals surface area contributed by atoms with Crippen LogP contribution in [0.4, 0.5) is 14.9 Å². The van der Waals surface area contributed by atoms with Gasteiger partial charge in [-0.1, -0.05) is 47.1 Å². The summed E-state index contributed by atoms with van der Waals surface area (Å²) in [6.07, 6.45) is -1.25. The summed E-state index contributed by atoms with van der Waals surface area (Å²) in [5.74, 6) is -0.0318. The van der Waals surface area contributed by atoms with Gasteiger partial charge in [0.15, 0.2) is 5.76 Å². The third-order valence-corrected chi connectivity index (χ3v) is 4.16. The Kier molecular flexibility index (Phi) is 5.23. The molecule has 1 amide bonds. The van der Waals surface area contributed by atoms with E-state index in [0.29, 0.717) is 33.3 Å². The number of hydrogen-bond donors (Lipinski definition) is 1. The fraction of sp³-hybridized carbons (Fsp3) is 0.158. The van der Waals surface area contributed by atoms with Crippen LogP contribution in [0.3, 0.4) is 0 Å². The molecule has 1 N–H and O–H groups in total. The normalized spacial score (nSPS) is 11.8. The highest BCUT2D eigenvalue weighted by molar-refractivity contribution is 6.31. The molecule has 0 spiro atoms. The number of hydrogen-bond acceptors (Lipinski definition) is 4. The second-order valence-electron chi connectivity index (χ2n) is 5.67. The van der Waals surface area contributed by atoms with E-state index < -0.39 is 18.0 Å². The summed E-state index contributed by atoms with van der Waals surface area (Å²) in [5.41, 5.74) is 1.82. The minimum atomic E-state index is -0.693. The lowest BCUT2D eigenvalue weighted by atomic mass is 10.1. The van der Waals surface area contributed by atoms with Crippen molar-refractivity contribution in [3.8, 4) is 11.3 Å². The van der Waals surface area contributed by atoms with Crippen molar-refractivity contribution in [1.29, 1.82) is 0 Å². The van der Waals surface area contributed by atoms with E-state index in [-0.39, 0.29) is 0 Å². The van der Waals surface area contributed by atoms with Gasteiger partial charge in [-0.3, -0.25) is 5.32 Å². The molecule has 1 heterocycles. The molecular weight excluding hydrogens is 359 g/mol. The van der Waals surface area contributed by atoms with Gasteiger partial charge >= 0.3 is 6.09 Å². The van der Waals surface area contributed by atoms with E-state index in [1.54, 1.807) is 44.2 Å². The summed E-state index contributed by atoms with van der Waals surface area (Å²) in [4.78, 5) is 12.3. The molecule has 0 aliphatic heterocycles. The van der Waals surface area contributed by atoms with E-state index in [0.717, 1.165) is 0 Å². The SMILES string of the molecule is Cc1onc(-c2cccc(F)c2)c1NC(=O)OC(C)c1ccccc1Cl. The number of rotatable bonds is 4. The topological polar surface area (TPSA) is 64.4 Å².